The van der Waals surface area contributed by atoms with E-state index >= 15 is 0 Å². The van der Waals surface area contributed by atoms with Crippen LogP contribution < -0.4 is 4.72 Å². The summed E-state index contributed by atoms with van der Waals surface area (Å²) in [4.78, 5) is 2.52. The topological polar surface area (TPSA) is 24.5 Å². The van der Waals surface area contributed by atoms with Gasteiger partial charge in [0.2, 0.25) is 0 Å². The fourth-order valence-corrected chi connectivity index (χ4v) is 3.30. The van der Waals surface area contributed by atoms with Crippen LogP contribution in [0.5, 0.6) is 0 Å². The van der Waals surface area contributed by atoms with Crippen molar-refractivity contribution in [1.29, 1.82) is 0 Å². The molecule has 1 saturated heterocycles. The van der Waals surface area contributed by atoms with Crippen molar-refractivity contribution < 1.29 is 4.18 Å². The minimum absolute atomic E-state index is 0.609. The first kappa shape index (κ1) is 16.4. The Morgan fingerprint density at radius 1 is 1.04 bits per heavy atom. The van der Waals surface area contributed by atoms with Crippen molar-refractivity contribution in [3.05, 3.63) is 65.2 Å². The lowest BCUT2D eigenvalue weighted by Crippen LogP contribution is -2.18. The van der Waals surface area contributed by atoms with E-state index in [4.69, 9.17) is 4.18 Å². The average Bonchev–Trinajstić information content (AvgIpc) is 3.08. The third-order valence-corrected chi connectivity index (χ3v) is 4.81. The molecular formula is C19H24N2OS. The van der Waals surface area contributed by atoms with Crippen LogP contribution in [0.4, 0.5) is 5.69 Å². The first-order valence-corrected chi connectivity index (χ1v) is 8.96. The van der Waals surface area contributed by atoms with Crippen LogP contribution in [0.1, 0.15) is 29.5 Å². The van der Waals surface area contributed by atoms with Gasteiger partial charge in [0.15, 0.2) is 0 Å². The molecule has 3 nitrogen and oxygen atoms in total. The highest BCUT2D eigenvalue weighted by molar-refractivity contribution is 7.95. The van der Waals surface area contributed by atoms with Crippen molar-refractivity contribution in [2.45, 2.75) is 32.9 Å². The van der Waals surface area contributed by atoms with E-state index in [1.54, 1.807) is 0 Å². The molecule has 0 aliphatic carbocycles. The Balaban J connectivity index is 1.41. The number of hydrogen-bond donors (Lipinski definition) is 1. The maximum atomic E-state index is 5.64. The molecular weight excluding hydrogens is 304 g/mol. The summed E-state index contributed by atoms with van der Waals surface area (Å²) < 4.78 is 8.88. The van der Waals surface area contributed by atoms with Gasteiger partial charge in [0.25, 0.3) is 0 Å². The molecule has 1 fully saturated rings. The summed E-state index contributed by atoms with van der Waals surface area (Å²) >= 11 is 1.29. The molecule has 1 aliphatic heterocycles. The van der Waals surface area contributed by atoms with Crippen LogP contribution in [0.2, 0.25) is 0 Å². The zero-order chi connectivity index (χ0) is 15.9. The Kier molecular flexibility index (Phi) is 5.97. The van der Waals surface area contributed by atoms with Crippen LogP contribution in [0, 0.1) is 6.92 Å². The number of hydrogen-bond acceptors (Lipinski definition) is 4. The van der Waals surface area contributed by atoms with Gasteiger partial charge < -0.3 is 4.72 Å². The monoisotopic (exact) mass is 328 g/mol. The third kappa shape index (κ3) is 4.99. The number of anilines is 1. The second-order valence-corrected chi connectivity index (χ2v) is 6.66. The predicted octanol–water partition coefficient (Wildman–Crippen LogP) is 4.78. The van der Waals surface area contributed by atoms with Crippen LogP contribution >= 0.6 is 12.2 Å². The molecule has 0 bridgehead atoms. The van der Waals surface area contributed by atoms with Crippen molar-refractivity contribution in [2.24, 2.45) is 0 Å². The molecule has 23 heavy (non-hydrogen) atoms. The summed E-state index contributed by atoms with van der Waals surface area (Å²) in [5.74, 6) is 0. The Hall–Kier alpha value is -1.49. The molecule has 0 saturated carbocycles. The summed E-state index contributed by atoms with van der Waals surface area (Å²) in [5, 5.41) is 0. The molecule has 1 N–H and O–H groups in total. The smallest absolute Gasteiger partial charge is 0.111 e. The molecule has 0 amide bonds. The number of likely N-dealkylation sites (tertiary alicyclic amines) is 1. The van der Waals surface area contributed by atoms with Gasteiger partial charge in [-0.1, -0.05) is 36.4 Å². The standard InChI is InChI=1S/C19H24N2OS/c1-16-6-2-3-7-18(16)15-22-23-20-19-10-8-17(9-11-19)14-21-12-4-5-13-21/h2-3,6-11,20H,4-5,12-15H2,1H3. The van der Waals surface area contributed by atoms with Crippen molar-refractivity contribution >= 4 is 17.9 Å². The van der Waals surface area contributed by atoms with E-state index in [9.17, 15) is 0 Å². The summed E-state index contributed by atoms with van der Waals surface area (Å²) in [7, 11) is 0. The van der Waals surface area contributed by atoms with Gasteiger partial charge >= 0.3 is 0 Å². The Labute approximate surface area is 143 Å². The predicted molar refractivity (Wildman–Crippen MR) is 98.1 cm³/mol. The Bertz CT molecular complexity index is 609. The van der Waals surface area contributed by atoms with Gasteiger partial charge in [0.05, 0.1) is 6.61 Å². The molecule has 2 aromatic rings. The van der Waals surface area contributed by atoms with Crippen molar-refractivity contribution in [2.75, 3.05) is 17.8 Å². The number of nitrogens with one attached hydrogen (secondary N) is 1. The van der Waals surface area contributed by atoms with E-state index in [-0.39, 0.29) is 0 Å². The summed E-state index contributed by atoms with van der Waals surface area (Å²) in [6.07, 6.45) is 2.68. The zero-order valence-electron chi connectivity index (χ0n) is 13.6. The quantitative estimate of drug-likeness (QED) is 0.449. The third-order valence-electron chi connectivity index (χ3n) is 4.25. The molecule has 0 spiro atoms. The van der Waals surface area contributed by atoms with E-state index < -0.39 is 0 Å². The number of rotatable bonds is 7. The minimum Gasteiger partial charge on any atom is -0.307 e. The number of benzene rings is 2. The molecule has 0 unspecified atom stereocenters. The molecule has 2 aromatic carbocycles. The van der Waals surface area contributed by atoms with Gasteiger partial charge in [-0.25, -0.2) is 0 Å². The zero-order valence-corrected chi connectivity index (χ0v) is 14.4. The molecule has 1 aliphatic rings. The maximum Gasteiger partial charge on any atom is 0.111 e. The molecule has 122 valence electrons. The molecule has 0 radical (unpaired) electrons. The fourth-order valence-electron chi connectivity index (χ4n) is 2.82. The summed E-state index contributed by atoms with van der Waals surface area (Å²) in [5.41, 5.74) is 4.94. The molecule has 4 heteroatoms. The highest BCUT2D eigenvalue weighted by Crippen LogP contribution is 2.19. The SMILES string of the molecule is Cc1ccccc1COSNc1ccc(CN2CCCC2)cc1. The van der Waals surface area contributed by atoms with Gasteiger partial charge in [0, 0.05) is 12.2 Å². The average molecular weight is 328 g/mol. The van der Waals surface area contributed by atoms with E-state index in [1.165, 1.54) is 54.9 Å². The van der Waals surface area contributed by atoms with E-state index in [0.717, 1.165) is 12.2 Å². The maximum absolute atomic E-state index is 5.64. The lowest BCUT2D eigenvalue weighted by atomic mass is 10.1. The van der Waals surface area contributed by atoms with Crippen LogP contribution in [0.3, 0.4) is 0 Å². The van der Waals surface area contributed by atoms with Crippen LogP contribution in [0.15, 0.2) is 48.5 Å². The van der Waals surface area contributed by atoms with E-state index in [1.807, 2.05) is 12.1 Å². The highest BCUT2D eigenvalue weighted by atomic mass is 32.2. The molecule has 0 atom stereocenters. The van der Waals surface area contributed by atoms with Gasteiger partial charge in [-0.05, 0) is 61.7 Å². The molecule has 0 aromatic heterocycles. The number of nitrogens with zero attached hydrogens (tertiary/aromatic N) is 1. The van der Waals surface area contributed by atoms with Crippen LogP contribution in [-0.2, 0) is 17.3 Å². The molecule has 3 rings (SSSR count). The second-order valence-electron chi connectivity index (χ2n) is 6.05. The van der Waals surface area contributed by atoms with Crippen LogP contribution in [0.25, 0.3) is 0 Å². The lowest BCUT2D eigenvalue weighted by molar-refractivity contribution is 0.331. The highest BCUT2D eigenvalue weighted by Gasteiger charge is 2.11. The van der Waals surface area contributed by atoms with Gasteiger partial charge in [-0.3, -0.25) is 9.08 Å². The van der Waals surface area contributed by atoms with Gasteiger partial charge in [0.1, 0.15) is 12.2 Å². The first-order valence-electron chi connectivity index (χ1n) is 8.21. The normalized spacial score (nSPS) is 15.0. The largest absolute Gasteiger partial charge is 0.307 e. The van der Waals surface area contributed by atoms with E-state index in [0.29, 0.717) is 6.61 Å². The van der Waals surface area contributed by atoms with Gasteiger partial charge in [-0.2, -0.15) is 0 Å². The van der Waals surface area contributed by atoms with Crippen LogP contribution in [-0.4, -0.2) is 18.0 Å². The second kappa shape index (κ2) is 8.39. The first-order chi connectivity index (χ1) is 11.3. The minimum atomic E-state index is 0.609. The Morgan fingerprint density at radius 2 is 1.78 bits per heavy atom. The van der Waals surface area contributed by atoms with Crippen molar-refractivity contribution in [1.82, 2.24) is 4.90 Å². The molecule has 1 heterocycles. The van der Waals surface area contributed by atoms with Crippen molar-refractivity contribution in [3.63, 3.8) is 0 Å². The summed E-state index contributed by atoms with van der Waals surface area (Å²) in [6, 6.07) is 16.9. The Morgan fingerprint density at radius 3 is 2.52 bits per heavy atom. The lowest BCUT2D eigenvalue weighted by Gasteiger charge is -2.14. The van der Waals surface area contributed by atoms with Gasteiger partial charge in [-0.15, -0.1) is 0 Å². The number of aryl methyl sites for hydroxylation is 1. The van der Waals surface area contributed by atoms with Crippen molar-refractivity contribution in [3.8, 4) is 0 Å². The summed E-state index contributed by atoms with van der Waals surface area (Å²) in [6.45, 7) is 6.26. The van der Waals surface area contributed by atoms with E-state index in [2.05, 4.69) is 52.9 Å². The fraction of sp³-hybridized carbons (Fsp3) is 0.368.